The highest BCUT2D eigenvalue weighted by Crippen LogP contribution is 2.23. The molecule has 2 rings (SSSR count). The molecule has 1 N–H and O–H groups in total. The average molecular weight is 273 g/mol. The lowest BCUT2D eigenvalue weighted by Crippen LogP contribution is -2.01. The molecule has 0 bridgehead atoms. The summed E-state index contributed by atoms with van der Waals surface area (Å²) in [6.45, 7) is 3.67. The lowest BCUT2D eigenvalue weighted by Gasteiger charge is -2.10. The molecule has 4 nitrogen and oxygen atoms in total. The topological polar surface area (TPSA) is 61.6 Å². The number of nitrogens with one attached hydrogen (secondary N) is 1. The first kappa shape index (κ1) is 13.3. The third-order valence-electron chi connectivity index (χ3n) is 2.70. The van der Waals surface area contributed by atoms with Gasteiger partial charge in [0.05, 0.1) is 12.5 Å². The number of aryl methyl sites for hydroxylation is 1. The number of hydrogen-bond acceptors (Lipinski definition) is 4. The molecule has 96 valence electrons. The Hall–Kier alpha value is -2.12. The van der Waals surface area contributed by atoms with Gasteiger partial charge in [0.1, 0.15) is 16.8 Å². The lowest BCUT2D eigenvalue weighted by atomic mass is 10.1. The maximum absolute atomic E-state index is 8.62. The van der Waals surface area contributed by atoms with Crippen molar-refractivity contribution in [2.45, 2.75) is 20.3 Å². The van der Waals surface area contributed by atoms with Gasteiger partial charge in [0, 0.05) is 11.3 Å². The SMILES string of the molecule is Cc1nc(Cl)c(C)c(Nc2ccc(CC#N)cc2)n1. The van der Waals surface area contributed by atoms with Gasteiger partial charge in [-0.1, -0.05) is 23.7 Å². The average Bonchev–Trinajstić information content (AvgIpc) is 2.38. The van der Waals surface area contributed by atoms with E-state index in [2.05, 4.69) is 21.4 Å². The number of hydrogen-bond donors (Lipinski definition) is 1. The van der Waals surface area contributed by atoms with E-state index < -0.39 is 0 Å². The predicted molar refractivity (Wildman–Crippen MR) is 75.6 cm³/mol. The number of aromatic nitrogens is 2. The molecule has 0 saturated heterocycles. The minimum Gasteiger partial charge on any atom is -0.340 e. The maximum atomic E-state index is 8.62. The summed E-state index contributed by atoms with van der Waals surface area (Å²) < 4.78 is 0. The molecule has 0 saturated carbocycles. The van der Waals surface area contributed by atoms with Crippen LogP contribution in [0.25, 0.3) is 0 Å². The van der Waals surface area contributed by atoms with Gasteiger partial charge >= 0.3 is 0 Å². The van der Waals surface area contributed by atoms with Gasteiger partial charge in [-0.2, -0.15) is 5.26 Å². The van der Waals surface area contributed by atoms with Crippen LogP contribution in [0, 0.1) is 25.2 Å². The second-order valence-electron chi connectivity index (χ2n) is 4.19. The number of nitriles is 1. The zero-order valence-electron chi connectivity index (χ0n) is 10.7. The van der Waals surface area contributed by atoms with Gasteiger partial charge < -0.3 is 5.32 Å². The van der Waals surface area contributed by atoms with Crippen LogP contribution in [0.3, 0.4) is 0 Å². The zero-order valence-corrected chi connectivity index (χ0v) is 11.5. The van der Waals surface area contributed by atoms with Crippen LogP contribution in [0.2, 0.25) is 5.15 Å². The Morgan fingerprint density at radius 2 is 1.89 bits per heavy atom. The van der Waals surface area contributed by atoms with Crippen molar-refractivity contribution in [3.63, 3.8) is 0 Å². The van der Waals surface area contributed by atoms with E-state index in [1.165, 1.54) is 0 Å². The highest BCUT2D eigenvalue weighted by atomic mass is 35.5. The van der Waals surface area contributed by atoms with Crippen molar-refractivity contribution in [3.05, 3.63) is 46.4 Å². The molecule has 5 heteroatoms. The summed E-state index contributed by atoms with van der Waals surface area (Å²) in [4.78, 5) is 8.42. The second-order valence-corrected chi connectivity index (χ2v) is 4.55. The number of anilines is 2. The normalized spacial score (nSPS) is 10.0. The molecular weight excluding hydrogens is 260 g/mol. The van der Waals surface area contributed by atoms with Crippen molar-refractivity contribution in [2.24, 2.45) is 0 Å². The quantitative estimate of drug-likeness (QED) is 0.868. The van der Waals surface area contributed by atoms with Crippen molar-refractivity contribution in [2.75, 3.05) is 5.32 Å². The smallest absolute Gasteiger partial charge is 0.138 e. The summed E-state index contributed by atoms with van der Waals surface area (Å²) in [5, 5.41) is 12.3. The molecule has 0 aliphatic carbocycles. The number of benzene rings is 1. The number of nitrogens with zero attached hydrogens (tertiary/aromatic N) is 3. The molecule has 0 aliphatic heterocycles. The summed E-state index contributed by atoms with van der Waals surface area (Å²) in [5.41, 5.74) is 2.70. The van der Waals surface area contributed by atoms with E-state index in [9.17, 15) is 0 Å². The van der Waals surface area contributed by atoms with E-state index in [4.69, 9.17) is 16.9 Å². The van der Waals surface area contributed by atoms with Crippen molar-refractivity contribution in [3.8, 4) is 6.07 Å². The maximum Gasteiger partial charge on any atom is 0.138 e. The molecule has 0 fully saturated rings. The molecule has 1 aromatic heterocycles. The van der Waals surface area contributed by atoms with E-state index in [1.54, 1.807) is 6.92 Å². The fraction of sp³-hybridized carbons (Fsp3) is 0.214. The molecule has 0 atom stereocenters. The number of halogens is 1. The summed E-state index contributed by atoms with van der Waals surface area (Å²) >= 11 is 6.02. The Morgan fingerprint density at radius 3 is 2.53 bits per heavy atom. The van der Waals surface area contributed by atoms with Crippen LogP contribution >= 0.6 is 11.6 Å². The van der Waals surface area contributed by atoms with E-state index in [0.717, 1.165) is 16.8 Å². The standard InChI is InChI=1S/C14H13ClN4/c1-9-13(15)17-10(2)18-14(9)19-12-5-3-11(4-6-12)7-8-16/h3-6H,7H2,1-2H3,(H,17,18,19). The molecule has 0 radical (unpaired) electrons. The molecule has 0 aliphatic rings. The van der Waals surface area contributed by atoms with Gasteiger partial charge in [-0.25, -0.2) is 9.97 Å². The third kappa shape index (κ3) is 3.21. The zero-order chi connectivity index (χ0) is 13.8. The van der Waals surface area contributed by atoms with Crippen molar-refractivity contribution in [1.82, 2.24) is 9.97 Å². The first-order valence-corrected chi connectivity index (χ1v) is 6.21. The van der Waals surface area contributed by atoms with Crippen LogP contribution in [-0.2, 0) is 6.42 Å². The second kappa shape index (κ2) is 5.68. The van der Waals surface area contributed by atoms with Crippen LogP contribution in [0.1, 0.15) is 17.0 Å². The van der Waals surface area contributed by atoms with Crippen LogP contribution in [-0.4, -0.2) is 9.97 Å². The Morgan fingerprint density at radius 1 is 1.21 bits per heavy atom. The van der Waals surface area contributed by atoms with Gasteiger partial charge in [0.15, 0.2) is 0 Å². The summed E-state index contributed by atoms with van der Waals surface area (Å²) in [7, 11) is 0. The van der Waals surface area contributed by atoms with Crippen LogP contribution in [0.4, 0.5) is 11.5 Å². The monoisotopic (exact) mass is 272 g/mol. The number of rotatable bonds is 3. The highest BCUT2D eigenvalue weighted by Gasteiger charge is 2.07. The third-order valence-corrected chi connectivity index (χ3v) is 3.07. The summed E-state index contributed by atoms with van der Waals surface area (Å²) in [6.07, 6.45) is 0.414. The molecule has 0 unspecified atom stereocenters. The predicted octanol–water partition coefficient (Wildman–Crippen LogP) is 3.56. The van der Waals surface area contributed by atoms with E-state index in [1.807, 2.05) is 31.2 Å². The van der Waals surface area contributed by atoms with Crippen molar-refractivity contribution >= 4 is 23.1 Å². The van der Waals surface area contributed by atoms with Gasteiger partial charge in [-0.15, -0.1) is 0 Å². The fourth-order valence-corrected chi connectivity index (χ4v) is 1.86. The van der Waals surface area contributed by atoms with E-state index in [0.29, 0.717) is 23.2 Å². The van der Waals surface area contributed by atoms with Gasteiger partial charge in [-0.05, 0) is 31.5 Å². The lowest BCUT2D eigenvalue weighted by molar-refractivity contribution is 1.04. The first-order valence-electron chi connectivity index (χ1n) is 5.84. The molecular formula is C14H13ClN4. The summed E-state index contributed by atoms with van der Waals surface area (Å²) in [6, 6.07) is 9.77. The molecule has 19 heavy (non-hydrogen) atoms. The Balaban J connectivity index is 2.24. The Bertz CT molecular complexity index is 629. The van der Waals surface area contributed by atoms with E-state index in [-0.39, 0.29) is 0 Å². The molecule has 1 heterocycles. The van der Waals surface area contributed by atoms with Gasteiger partial charge in [0.25, 0.3) is 0 Å². The first-order chi connectivity index (χ1) is 9.10. The van der Waals surface area contributed by atoms with E-state index >= 15 is 0 Å². The van der Waals surface area contributed by atoms with Crippen molar-refractivity contribution in [1.29, 1.82) is 5.26 Å². The van der Waals surface area contributed by atoms with Crippen LogP contribution in [0.5, 0.6) is 0 Å². The molecule has 0 amide bonds. The Kier molecular flexibility index (Phi) is 3.98. The molecule has 2 aromatic rings. The van der Waals surface area contributed by atoms with Crippen molar-refractivity contribution < 1.29 is 0 Å². The summed E-state index contributed by atoms with van der Waals surface area (Å²) in [5.74, 6) is 1.32. The molecule has 0 spiro atoms. The minimum absolute atomic E-state index is 0.414. The van der Waals surface area contributed by atoms with Crippen LogP contribution in [0.15, 0.2) is 24.3 Å². The molecule has 1 aromatic carbocycles. The fourth-order valence-electron chi connectivity index (χ4n) is 1.65. The van der Waals surface area contributed by atoms with Gasteiger partial charge in [0.2, 0.25) is 0 Å². The van der Waals surface area contributed by atoms with Gasteiger partial charge in [-0.3, -0.25) is 0 Å². The largest absolute Gasteiger partial charge is 0.340 e. The highest BCUT2D eigenvalue weighted by molar-refractivity contribution is 6.30. The minimum atomic E-state index is 0.414. The van der Waals surface area contributed by atoms with Crippen LogP contribution < -0.4 is 5.32 Å². The Labute approximate surface area is 117 Å².